The van der Waals surface area contributed by atoms with Crippen LogP contribution >= 0.6 is 15.9 Å². The van der Waals surface area contributed by atoms with Crippen molar-refractivity contribution >= 4 is 27.8 Å². The van der Waals surface area contributed by atoms with Crippen LogP contribution in [0.4, 0.5) is 5.88 Å². The Balaban J connectivity index is 2.77. The summed E-state index contributed by atoms with van der Waals surface area (Å²) in [7, 11) is 0. The van der Waals surface area contributed by atoms with E-state index in [0.717, 1.165) is 13.0 Å². The van der Waals surface area contributed by atoms with E-state index in [1.54, 1.807) is 0 Å². The molecule has 5 heteroatoms. The second-order valence-corrected chi connectivity index (χ2v) is 3.37. The third-order valence-corrected chi connectivity index (χ3v) is 2.02. The number of rotatable bonds is 4. The van der Waals surface area contributed by atoms with Crippen LogP contribution in [0.15, 0.2) is 15.0 Å². The van der Waals surface area contributed by atoms with Gasteiger partial charge in [-0.05, 0) is 22.4 Å². The predicted molar refractivity (Wildman–Crippen MR) is 52.1 cm³/mol. The molecule has 0 aliphatic rings. The lowest BCUT2D eigenvalue weighted by Crippen LogP contribution is -1.98. The zero-order valence-corrected chi connectivity index (χ0v) is 8.72. The van der Waals surface area contributed by atoms with Gasteiger partial charge in [0.2, 0.25) is 11.6 Å². The molecular weight excluding hydrogens is 238 g/mol. The Labute approximate surface area is 84.1 Å². The monoisotopic (exact) mass is 247 g/mol. The topological polar surface area (TPSA) is 62.5 Å². The molecule has 0 aromatic carbocycles. The number of carbonyl (C=O) groups is 1. The summed E-state index contributed by atoms with van der Waals surface area (Å²) in [5, 5.41) is 11.6. The van der Waals surface area contributed by atoms with Gasteiger partial charge in [-0.15, -0.1) is 0 Å². The van der Waals surface area contributed by atoms with Crippen LogP contribution in [-0.4, -0.2) is 17.6 Å². The fourth-order valence-electron chi connectivity index (χ4n) is 0.833. The van der Waals surface area contributed by atoms with Crippen LogP contribution in [0, 0.1) is 0 Å². The van der Waals surface area contributed by atoms with Gasteiger partial charge in [0.15, 0.2) is 0 Å². The first-order chi connectivity index (χ1) is 6.15. The van der Waals surface area contributed by atoms with Crippen LogP contribution in [-0.2, 0) is 0 Å². The average Bonchev–Trinajstić information content (AvgIpc) is 2.44. The maximum Gasteiger partial charge on any atom is 0.371 e. The lowest BCUT2D eigenvalue weighted by atomic mass is 10.4. The molecule has 1 aromatic heterocycles. The van der Waals surface area contributed by atoms with Crippen LogP contribution in [0.3, 0.4) is 0 Å². The Kier molecular flexibility index (Phi) is 3.36. The maximum atomic E-state index is 10.5. The zero-order chi connectivity index (χ0) is 9.84. The molecule has 0 atom stereocenters. The summed E-state index contributed by atoms with van der Waals surface area (Å²) >= 11 is 3.20. The minimum atomic E-state index is -1.06. The molecule has 1 heterocycles. The highest BCUT2D eigenvalue weighted by Crippen LogP contribution is 2.26. The Morgan fingerprint density at radius 3 is 2.92 bits per heavy atom. The molecule has 72 valence electrons. The highest BCUT2D eigenvalue weighted by Gasteiger charge is 2.13. The number of furan rings is 1. The lowest BCUT2D eigenvalue weighted by Gasteiger charge is -1.99. The standard InChI is InChI=1S/C8H10BrNO3/c1-2-3-10-7-5(9)4-6(13-7)8(11)12/h4,10H,2-3H2,1H3,(H,11,12). The maximum absolute atomic E-state index is 10.5. The van der Waals surface area contributed by atoms with Gasteiger partial charge in [-0.2, -0.15) is 0 Å². The Hall–Kier alpha value is -0.970. The molecule has 2 N–H and O–H groups in total. The highest BCUT2D eigenvalue weighted by atomic mass is 79.9. The summed E-state index contributed by atoms with van der Waals surface area (Å²) in [5.41, 5.74) is 0. The smallest absolute Gasteiger partial charge is 0.371 e. The number of carboxylic acid groups (broad SMARTS) is 1. The van der Waals surface area contributed by atoms with Gasteiger partial charge in [0.05, 0.1) is 4.47 Å². The fourth-order valence-corrected chi connectivity index (χ4v) is 1.26. The van der Waals surface area contributed by atoms with Gasteiger partial charge in [0.1, 0.15) is 0 Å². The van der Waals surface area contributed by atoms with E-state index in [-0.39, 0.29) is 5.76 Å². The molecule has 4 nitrogen and oxygen atoms in total. The molecule has 13 heavy (non-hydrogen) atoms. The molecule has 0 radical (unpaired) electrons. The number of hydrogen-bond donors (Lipinski definition) is 2. The third kappa shape index (κ3) is 2.48. The lowest BCUT2D eigenvalue weighted by molar-refractivity contribution is 0.0663. The van der Waals surface area contributed by atoms with Crippen LogP contribution in [0.1, 0.15) is 23.9 Å². The Morgan fingerprint density at radius 2 is 2.46 bits per heavy atom. The SMILES string of the molecule is CCCNc1oc(C(=O)O)cc1Br. The van der Waals surface area contributed by atoms with Gasteiger partial charge in [-0.25, -0.2) is 4.79 Å². The molecular formula is C8H10BrNO3. The molecule has 0 bridgehead atoms. The summed E-state index contributed by atoms with van der Waals surface area (Å²) in [6.45, 7) is 2.77. The van der Waals surface area contributed by atoms with Crippen molar-refractivity contribution in [1.29, 1.82) is 0 Å². The predicted octanol–water partition coefficient (Wildman–Crippen LogP) is 2.56. The number of carboxylic acids is 1. The van der Waals surface area contributed by atoms with Crippen LogP contribution < -0.4 is 5.32 Å². The molecule has 0 amide bonds. The van der Waals surface area contributed by atoms with E-state index in [1.165, 1.54) is 6.07 Å². The van der Waals surface area contributed by atoms with E-state index in [1.807, 2.05) is 6.92 Å². The zero-order valence-electron chi connectivity index (χ0n) is 7.13. The molecule has 0 saturated carbocycles. The van der Waals surface area contributed by atoms with Crippen LogP contribution in [0.25, 0.3) is 0 Å². The molecule has 0 saturated heterocycles. The Morgan fingerprint density at radius 1 is 1.77 bits per heavy atom. The molecule has 1 rings (SSSR count). The van der Waals surface area contributed by atoms with Gasteiger partial charge in [0, 0.05) is 12.6 Å². The minimum Gasteiger partial charge on any atom is -0.475 e. The van der Waals surface area contributed by atoms with Crippen LogP contribution in [0.2, 0.25) is 0 Å². The number of anilines is 1. The van der Waals surface area contributed by atoms with Crippen molar-refractivity contribution in [2.45, 2.75) is 13.3 Å². The average molecular weight is 248 g/mol. The quantitative estimate of drug-likeness (QED) is 0.859. The molecule has 0 aliphatic heterocycles. The molecule has 1 aromatic rings. The first kappa shape index (κ1) is 10.1. The van der Waals surface area contributed by atoms with Crippen molar-refractivity contribution in [1.82, 2.24) is 0 Å². The summed E-state index contributed by atoms with van der Waals surface area (Å²) in [5.74, 6) is -0.657. The first-order valence-corrected chi connectivity index (χ1v) is 4.71. The van der Waals surface area contributed by atoms with Crippen molar-refractivity contribution in [3.63, 3.8) is 0 Å². The van der Waals surface area contributed by atoms with Crippen molar-refractivity contribution in [2.75, 3.05) is 11.9 Å². The van der Waals surface area contributed by atoms with E-state index < -0.39 is 5.97 Å². The summed E-state index contributed by atoms with van der Waals surface area (Å²) in [6, 6.07) is 1.43. The number of hydrogen-bond acceptors (Lipinski definition) is 3. The Bertz CT molecular complexity index is 308. The van der Waals surface area contributed by atoms with Crippen molar-refractivity contribution in [3.8, 4) is 0 Å². The van der Waals surface area contributed by atoms with E-state index in [0.29, 0.717) is 10.4 Å². The molecule has 0 aliphatic carbocycles. The van der Waals surface area contributed by atoms with Gasteiger partial charge < -0.3 is 14.8 Å². The van der Waals surface area contributed by atoms with E-state index >= 15 is 0 Å². The van der Waals surface area contributed by atoms with Gasteiger partial charge in [0.25, 0.3) is 0 Å². The van der Waals surface area contributed by atoms with Gasteiger partial charge >= 0.3 is 5.97 Å². The van der Waals surface area contributed by atoms with Crippen molar-refractivity contribution in [3.05, 3.63) is 16.3 Å². The second-order valence-electron chi connectivity index (χ2n) is 2.52. The minimum absolute atomic E-state index is 0.0644. The molecule has 0 fully saturated rings. The highest BCUT2D eigenvalue weighted by molar-refractivity contribution is 9.10. The van der Waals surface area contributed by atoms with Crippen LogP contribution in [0.5, 0.6) is 0 Å². The molecule has 0 unspecified atom stereocenters. The summed E-state index contributed by atoms with van der Waals surface area (Å²) < 4.78 is 5.66. The number of nitrogens with one attached hydrogen (secondary N) is 1. The number of halogens is 1. The van der Waals surface area contributed by atoms with Crippen molar-refractivity contribution in [2.24, 2.45) is 0 Å². The van der Waals surface area contributed by atoms with E-state index in [4.69, 9.17) is 9.52 Å². The summed E-state index contributed by atoms with van der Waals surface area (Å²) in [4.78, 5) is 10.5. The van der Waals surface area contributed by atoms with E-state index in [9.17, 15) is 4.79 Å². The summed E-state index contributed by atoms with van der Waals surface area (Å²) in [6.07, 6.45) is 0.954. The normalized spacial score (nSPS) is 10.0. The first-order valence-electron chi connectivity index (χ1n) is 3.91. The van der Waals surface area contributed by atoms with Gasteiger partial charge in [-0.1, -0.05) is 6.92 Å². The molecule has 0 spiro atoms. The van der Waals surface area contributed by atoms with Gasteiger partial charge in [-0.3, -0.25) is 0 Å². The second kappa shape index (κ2) is 4.32. The third-order valence-electron chi connectivity index (χ3n) is 1.43. The fraction of sp³-hybridized carbons (Fsp3) is 0.375. The van der Waals surface area contributed by atoms with E-state index in [2.05, 4.69) is 21.2 Å². The van der Waals surface area contributed by atoms with Crippen molar-refractivity contribution < 1.29 is 14.3 Å². The largest absolute Gasteiger partial charge is 0.475 e. The number of aromatic carboxylic acids is 1.